The Hall–Kier alpha value is -2.73. The first kappa shape index (κ1) is 17.7. The number of halogens is 1. The number of benzene rings is 2. The predicted octanol–water partition coefficient (Wildman–Crippen LogP) is 3.32. The topological polar surface area (TPSA) is 70.2 Å². The largest absolute Gasteiger partial charge is 0.326 e. The third-order valence-corrected chi connectivity index (χ3v) is 5.29. The van der Waals surface area contributed by atoms with E-state index in [2.05, 4.69) is 16.0 Å². The van der Waals surface area contributed by atoms with Gasteiger partial charge in [-0.05, 0) is 60.7 Å². The van der Waals surface area contributed by atoms with E-state index < -0.39 is 5.91 Å². The van der Waals surface area contributed by atoms with E-state index in [4.69, 9.17) is 0 Å². The zero-order valence-electron chi connectivity index (χ0n) is 15.1. The van der Waals surface area contributed by atoms with Gasteiger partial charge in [0.15, 0.2) is 0 Å². The summed E-state index contributed by atoms with van der Waals surface area (Å²) in [5, 5.41) is 8.70. The van der Waals surface area contributed by atoms with Crippen molar-refractivity contribution < 1.29 is 14.0 Å². The van der Waals surface area contributed by atoms with Gasteiger partial charge in [0.2, 0.25) is 5.91 Å². The minimum absolute atomic E-state index is 0.0191. The van der Waals surface area contributed by atoms with Crippen molar-refractivity contribution in [1.29, 1.82) is 0 Å². The van der Waals surface area contributed by atoms with Gasteiger partial charge in [0, 0.05) is 23.7 Å². The van der Waals surface area contributed by atoms with E-state index in [1.165, 1.54) is 0 Å². The summed E-state index contributed by atoms with van der Waals surface area (Å²) in [6.45, 7) is 3.40. The second kappa shape index (κ2) is 7.12. The van der Waals surface area contributed by atoms with Crippen LogP contribution in [0.2, 0.25) is 0 Å². The van der Waals surface area contributed by atoms with Gasteiger partial charge in [0.25, 0.3) is 5.91 Å². The van der Waals surface area contributed by atoms with Crippen LogP contribution in [0.5, 0.6) is 0 Å². The molecule has 1 heterocycles. The minimum Gasteiger partial charge on any atom is -0.326 e. The zero-order chi connectivity index (χ0) is 19.0. The number of amides is 2. The van der Waals surface area contributed by atoms with Gasteiger partial charge >= 0.3 is 0 Å². The quantitative estimate of drug-likeness (QED) is 0.776. The van der Waals surface area contributed by atoms with Gasteiger partial charge in [-0.15, -0.1) is 0 Å². The average Bonchev–Trinajstić information content (AvgIpc) is 3.41. The fourth-order valence-corrected chi connectivity index (χ4v) is 3.49. The lowest BCUT2D eigenvalue weighted by Crippen LogP contribution is -2.25. The molecule has 4 rings (SSSR count). The molecule has 1 saturated carbocycles. The highest BCUT2D eigenvalue weighted by atomic mass is 19.1. The molecule has 0 saturated heterocycles. The molecule has 1 aliphatic heterocycles. The summed E-state index contributed by atoms with van der Waals surface area (Å²) in [6, 6.07) is 10.1. The molecule has 2 amide bonds. The third kappa shape index (κ3) is 3.71. The lowest BCUT2D eigenvalue weighted by Gasteiger charge is -2.19. The van der Waals surface area contributed by atoms with Crippen LogP contribution in [-0.4, -0.2) is 18.4 Å². The van der Waals surface area contributed by atoms with Crippen LogP contribution in [0.3, 0.4) is 0 Å². The van der Waals surface area contributed by atoms with Gasteiger partial charge in [-0.2, -0.15) is 0 Å². The number of nitrogens with one attached hydrogen (secondary N) is 3. The molecule has 5 nitrogen and oxygen atoms in total. The second-order valence-electron chi connectivity index (χ2n) is 7.34. The maximum atomic E-state index is 14.7. The van der Waals surface area contributed by atoms with Gasteiger partial charge in [0.1, 0.15) is 5.82 Å². The monoisotopic (exact) mass is 367 g/mol. The van der Waals surface area contributed by atoms with Crippen molar-refractivity contribution in [3.63, 3.8) is 0 Å². The fourth-order valence-electron chi connectivity index (χ4n) is 3.49. The van der Waals surface area contributed by atoms with Crippen molar-refractivity contribution in [2.24, 2.45) is 11.8 Å². The summed E-state index contributed by atoms with van der Waals surface area (Å²) in [7, 11) is 0. The van der Waals surface area contributed by atoms with Gasteiger partial charge < -0.3 is 16.0 Å². The van der Waals surface area contributed by atoms with Gasteiger partial charge in [-0.3, -0.25) is 9.59 Å². The van der Waals surface area contributed by atoms with Crippen LogP contribution in [0.4, 0.5) is 15.8 Å². The molecular weight excluding hydrogens is 345 g/mol. The highest BCUT2D eigenvalue weighted by molar-refractivity contribution is 6.05. The highest BCUT2D eigenvalue weighted by Gasteiger charge is 2.39. The van der Waals surface area contributed by atoms with E-state index in [0.717, 1.165) is 18.5 Å². The lowest BCUT2D eigenvalue weighted by atomic mass is 9.99. The Morgan fingerprint density at radius 3 is 2.78 bits per heavy atom. The minimum atomic E-state index is -0.404. The summed E-state index contributed by atoms with van der Waals surface area (Å²) in [4.78, 5) is 24.6. The second-order valence-corrected chi connectivity index (χ2v) is 7.34. The van der Waals surface area contributed by atoms with Crippen LogP contribution in [0.15, 0.2) is 36.4 Å². The number of anilines is 2. The van der Waals surface area contributed by atoms with Gasteiger partial charge in [-0.1, -0.05) is 19.1 Å². The Morgan fingerprint density at radius 2 is 2.00 bits per heavy atom. The molecule has 2 atom stereocenters. The summed E-state index contributed by atoms with van der Waals surface area (Å²) in [6.07, 6.45) is 1.51. The molecule has 2 aliphatic rings. The Bertz CT molecular complexity index is 912. The molecule has 0 spiro atoms. The smallest absolute Gasteiger partial charge is 0.255 e. The van der Waals surface area contributed by atoms with Gasteiger partial charge in [-0.25, -0.2) is 4.39 Å². The van der Waals surface area contributed by atoms with E-state index in [1.54, 1.807) is 30.3 Å². The number of hydrogen-bond acceptors (Lipinski definition) is 3. The average molecular weight is 367 g/mol. The molecule has 0 radical (unpaired) electrons. The summed E-state index contributed by atoms with van der Waals surface area (Å²) in [5.41, 5.74) is 2.71. The Labute approximate surface area is 157 Å². The number of rotatable bonds is 4. The molecule has 6 heteroatoms. The standard InChI is InChI=1S/C21H22FN3O2/c1-12-9-17(12)21(27)24-15-4-2-3-13(10-15)20(26)25-18-6-5-14-11-23-8-7-16(14)19(18)22/h2-6,10,12,17,23H,7-9,11H2,1H3,(H,24,27)(H,25,26). The van der Waals surface area contributed by atoms with Crippen molar-refractivity contribution in [3.8, 4) is 0 Å². The SMILES string of the molecule is CC1CC1C(=O)Nc1cccc(C(=O)Nc2ccc3c(c2F)CCNC3)c1. The Morgan fingerprint density at radius 1 is 1.19 bits per heavy atom. The first-order valence-electron chi connectivity index (χ1n) is 9.26. The predicted molar refractivity (Wildman–Crippen MR) is 102 cm³/mol. The number of hydrogen-bond donors (Lipinski definition) is 3. The van der Waals surface area contributed by atoms with E-state index in [9.17, 15) is 14.0 Å². The molecule has 1 fully saturated rings. The molecule has 2 unspecified atom stereocenters. The highest BCUT2D eigenvalue weighted by Crippen LogP contribution is 2.38. The molecule has 3 N–H and O–H groups in total. The normalized spacial score (nSPS) is 20.5. The summed E-state index contributed by atoms with van der Waals surface area (Å²) in [5.74, 6) is -0.317. The van der Waals surface area contributed by atoms with Crippen molar-refractivity contribution in [3.05, 3.63) is 58.9 Å². The summed E-state index contributed by atoms with van der Waals surface area (Å²) >= 11 is 0. The molecule has 0 bridgehead atoms. The number of carbonyl (C=O) groups is 2. The number of carbonyl (C=O) groups excluding carboxylic acids is 2. The zero-order valence-corrected chi connectivity index (χ0v) is 15.1. The van der Waals surface area contributed by atoms with E-state index >= 15 is 0 Å². The third-order valence-electron chi connectivity index (χ3n) is 5.29. The van der Waals surface area contributed by atoms with Crippen LogP contribution in [0.1, 0.15) is 34.8 Å². The molecule has 140 valence electrons. The number of fused-ring (bicyclic) bond motifs is 1. The van der Waals surface area contributed by atoms with Crippen molar-refractivity contribution in [2.45, 2.75) is 26.3 Å². The van der Waals surface area contributed by atoms with Crippen LogP contribution in [0, 0.1) is 17.7 Å². The van der Waals surface area contributed by atoms with Crippen molar-refractivity contribution >= 4 is 23.2 Å². The Balaban J connectivity index is 1.48. The summed E-state index contributed by atoms with van der Waals surface area (Å²) < 4.78 is 14.7. The first-order chi connectivity index (χ1) is 13.0. The van der Waals surface area contributed by atoms with Crippen LogP contribution in [-0.2, 0) is 17.8 Å². The fraction of sp³-hybridized carbons (Fsp3) is 0.333. The molecular formula is C21H22FN3O2. The molecule has 2 aromatic carbocycles. The van der Waals surface area contributed by atoms with Gasteiger partial charge in [0.05, 0.1) is 5.69 Å². The van der Waals surface area contributed by atoms with E-state index in [1.807, 2.05) is 13.0 Å². The lowest BCUT2D eigenvalue weighted by molar-refractivity contribution is -0.117. The van der Waals surface area contributed by atoms with Crippen LogP contribution in [0.25, 0.3) is 0 Å². The molecule has 2 aromatic rings. The van der Waals surface area contributed by atoms with E-state index in [-0.39, 0.29) is 23.3 Å². The van der Waals surface area contributed by atoms with Crippen LogP contribution < -0.4 is 16.0 Å². The van der Waals surface area contributed by atoms with Crippen molar-refractivity contribution in [1.82, 2.24) is 5.32 Å². The molecule has 0 aromatic heterocycles. The van der Waals surface area contributed by atoms with Crippen molar-refractivity contribution in [2.75, 3.05) is 17.2 Å². The van der Waals surface area contributed by atoms with E-state index in [0.29, 0.717) is 35.7 Å². The molecule has 27 heavy (non-hydrogen) atoms. The van der Waals surface area contributed by atoms with Crippen LogP contribution >= 0.6 is 0 Å². The Kier molecular flexibility index (Phi) is 4.66. The first-order valence-corrected chi connectivity index (χ1v) is 9.26. The maximum Gasteiger partial charge on any atom is 0.255 e. The maximum absolute atomic E-state index is 14.7. The molecule has 1 aliphatic carbocycles.